The van der Waals surface area contributed by atoms with Crippen LogP contribution in [0, 0.1) is 5.92 Å². The number of nitrogens with one attached hydrogen (secondary N) is 1. The van der Waals surface area contributed by atoms with Crippen LogP contribution in [0.4, 0.5) is 5.13 Å². The minimum Gasteiger partial charge on any atom is -0.338 e. The molecule has 1 atom stereocenters. The van der Waals surface area contributed by atoms with Crippen LogP contribution in [0.5, 0.6) is 0 Å². The Balaban J connectivity index is 1.63. The maximum Gasteiger partial charge on any atom is 0.245 e. The van der Waals surface area contributed by atoms with Crippen LogP contribution < -0.4 is 5.32 Å². The molecule has 8 heteroatoms. The fraction of sp³-hybridized carbons (Fsp3) is 0.312. The van der Waals surface area contributed by atoms with Crippen LogP contribution >= 0.6 is 38.6 Å². The third kappa shape index (κ3) is 3.93. The molecular formula is C16H16BrN3O2S2. The van der Waals surface area contributed by atoms with Gasteiger partial charge < -0.3 is 10.2 Å². The number of nitrogens with zero attached hydrogens (tertiary/aromatic N) is 2. The van der Waals surface area contributed by atoms with Crippen molar-refractivity contribution in [3.8, 4) is 10.6 Å². The quantitative estimate of drug-likeness (QED) is 0.752. The number of likely N-dealkylation sites (tertiary alicyclic amines) is 1. The van der Waals surface area contributed by atoms with Crippen molar-refractivity contribution in [3.05, 3.63) is 34.0 Å². The van der Waals surface area contributed by atoms with Crippen molar-refractivity contribution in [2.45, 2.75) is 12.8 Å². The van der Waals surface area contributed by atoms with Gasteiger partial charge in [0, 0.05) is 28.3 Å². The van der Waals surface area contributed by atoms with E-state index in [0.29, 0.717) is 18.2 Å². The second-order valence-corrected chi connectivity index (χ2v) is 8.17. The summed E-state index contributed by atoms with van der Waals surface area (Å²) in [5.41, 5.74) is 0.859. The number of hydrogen-bond donors (Lipinski definition) is 1. The summed E-state index contributed by atoms with van der Waals surface area (Å²) in [6.07, 6.45) is 2.90. The largest absolute Gasteiger partial charge is 0.338 e. The first kappa shape index (κ1) is 17.3. The Morgan fingerprint density at radius 1 is 1.42 bits per heavy atom. The number of thiazole rings is 1. The third-order valence-electron chi connectivity index (χ3n) is 3.83. The Labute approximate surface area is 156 Å². The highest BCUT2D eigenvalue weighted by molar-refractivity contribution is 9.10. The van der Waals surface area contributed by atoms with Gasteiger partial charge in [0.2, 0.25) is 11.8 Å². The first-order valence-corrected chi connectivity index (χ1v) is 10.0. The average Bonchev–Trinajstić information content (AvgIpc) is 3.23. The van der Waals surface area contributed by atoms with Crippen molar-refractivity contribution in [2.24, 2.45) is 5.92 Å². The molecule has 126 valence electrons. The molecule has 0 bridgehead atoms. The Hall–Kier alpha value is -1.51. The molecule has 1 saturated heterocycles. The topological polar surface area (TPSA) is 62.3 Å². The van der Waals surface area contributed by atoms with E-state index in [1.165, 1.54) is 17.4 Å². The maximum absolute atomic E-state index is 12.5. The van der Waals surface area contributed by atoms with Crippen molar-refractivity contribution in [1.82, 2.24) is 9.88 Å². The van der Waals surface area contributed by atoms with Gasteiger partial charge in [0.25, 0.3) is 0 Å². The van der Waals surface area contributed by atoms with Crippen LogP contribution in [0.15, 0.2) is 34.0 Å². The number of carbonyl (C=O) groups excluding carboxylic acids is 2. The fourth-order valence-electron chi connectivity index (χ4n) is 2.62. The zero-order valence-electron chi connectivity index (χ0n) is 12.8. The highest BCUT2D eigenvalue weighted by Gasteiger charge is 2.28. The van der Waals surface area contributed by atoms with Crippen LogP contribution in [-0.4, -0.2) is 34.8 Å². The molecule has 2 aromatic heterocycles. The molecule has 1 unspecified atom stereocenters. The van der Waals surface area contributed by atoms with E-state index < -0.39 is 0 Å². The number of piperidine rings is 1. The molecule has 0 aliphatic carbocycles. The molecule has 0 radical (unpaired) electrons. The Bertz CT molecular complexity index is 771. The van der Waals surface area contributed by atoms with E-state index in [0.717, 1.165) is 27.9 Å². The highest BCUT2D eigenvalue weighted by Crippen LogP contribution is 2.32. The predicted molar refractivity (Wildman–Crippen MR) is 101 cm³/mol. The standard InChI is InChI=1S/C16H16BrN3O2S2/c1-2-14(21)20-5-3-4-10(7-20)15(22)19-16-18-12(9-24-16)13-6-11(17)8-23-13/h2,6,8-10H,1,3-5,7H2,(H,18,19,22). The smallest absolute Gasteiger partial charge is 0.245 e. The van der Waals surface area contributed by atoms with Crippen molar-refractivity contribution >= 4 is 55.5 Å². The molecular weight excluding hydrogens is 410 g/mol. The number of hydrogen-bond acceptors (Lipinski definition) is 5. The van der Waals surface area contributed by atoms with Crippen molar-refractivity contribution in [2.75, 3.05) is 18.4 Å². The normalized spacial score (nSPS) is 17.5. The monoisotopic (exact) mass is 425 g/mol. The third-order valence-corrected chi connectivity index (χ3v) is 6.30. The van der Waals surface area contributed by atoms with E-state index >= 15 is 0 Å². The van der Waals surface area contributed by atoms with E-state index in [4.69, 9.17) is 0 Å². The molecule has 3 rings (SSSR count). The first-order chi connectivity index (χ1) is 11.6. The molecule has 1 aliphatic heterocycles. The number of anilines is 1. The predicted octanol–water partition coefficient (Wildman–Crippen LogP) is 4.00. The van der Waals surface area contributed by atoms with E-state index in [9.17, 15) is 9.59 Å². The molecule has 1 aliphatic rings. The maximum atomic E-state index is 12.5. The number of thiophene rings is 1. The SMILES string of the molecule is C=CC(=O)N1CCCC(C(=O)Nc2nc(-c3cc(Br)cs3)cs2)C1. The van der Waals surface area contributed by atoms with Crippen LogP contribution in [0.1, 0.15) is 12.8 Å². The van der Waals surface area contributed by atoms with Crippen LogP contribution in [0.3, 0.4) is 0 Å². The Morgan fingerprint density at radius 2 is 2.25 bits per heavy atom. The van der Waals surface area contributed by atoms with Gasteiger partial charge in [-0.25, -0.2) is 4.98 Å². The van der Waals surface area contributed by atoms with Gasteiger partial charge in [0.1, 0.15) is 0 Å². The summed E-state index contributed by atoms with van der Waals surface area (Å²) in [6.45, 7) is 4.63. The summed E-state index contributed by atoms with van der Waals surface area (Å²) >= 11 is 6.44. The lowest BCUT2D eigenvalue weighted by atomic mass is 9.97. The van der Waals surface area contributed by atoms with Gasteiger partial charge in [-0.3, -0.25) is 9.59 Å². The number of halogens is 1. The van der Waals surface area contributed by atoms with E-state index in [1.807, 2.05) is 16.8 Å². The van der Waals surface area contributed by atoms with Gasteiger partial charge in [-0.1, -0.05) is 6.58 Å². The summed E-state index contributed by atoms with van der Waals surface area (Å²) in [5.74, 6) is -0.400. The lowest BCUT2D eigenvalue weighted by Gasteiger charge is -2.31. The zero-order chi connectivity index (χ0) is 17.1. The second kappa shape index (κ2) is 7.58. The first-order valence-electron chi connectivity index (χ1n) is 7.49. The number of aromatic nitrogens is 1. The van der Waals surface area contributed by atoms with Crippen molar-refractivity contribution in [3.63, 3.8) is 0 Å². The molecule has 3 heterocycles. The van der Waals surface area contributed by atoms with Gasteiger partial charge in [0.05, 0.1) is 16.5 Å². The van der Waals surface area contributed by atoms with Gasteiger partial charge >= 0.3 is 0 Å². The summed E-state index contributed by atoms with van der Waals surface area (Å²) in [4.78, 5) is 31.4. The Kier molecular flexibility index (Phi) is 5.47. The molecule has 0 spiro atoms. The van der Waals surface area contributed by atoms with Gasteiger partial charge in [0.15, 0.2) is 5.13 Å². The van der Waals surface area contributed by atoms with E-state index in [2.05, 4.69) is 32.8 Å². The summed E-state index contributed by atoms with van der Waals surface area (Å²) in [7, 11) is 0. The second-order valence-electron chi connectivity index (χ2n) is 5.48. The summed E-state index contributed by atoms with van der Waals surface area (Å²) in [6, 6.07) is 2.01. The molecule has 5 nitrogen and oxygen atoms in total. The number of amides is 2. The minimum atomic E-state index is -0.203. The van der Waals surface area contributed by atoms with Crippen LogP contribution in [0.2, 0.25) is 0 Å². The minimum absolute atomic E-state index is 0.0789. The lowest BCUT2D eigenvalue weighted by molar-refractivity contribution is -0.130. The molecule has 2 aromatic rings. The summed E-state index contributed by atoms with van der Waals surface area (Å²) < 4.78 is 1.02. The average molecular weight is 426 g/mol. The van der Waals surface area contributed by atoms with E-state index in [-0.39, 0.29) is 17.7 Å². The molecule has 24 heavy (non-hydrogen) atoms. The van der Waals surface area contributed by atoms with E-state index in [1.54, 1.807) is 16.2 Å². The molecule has 1 fully saturated rings. The van der Waals surface area contributed by atoms with Gasteiger partial charge in [-0.2, -0.15) is 0 Å². The molecule has 0 saturated carbocycles. The summed E-state index contributed by atoms with van der Waals surface area (Å²) in [5, 5.41) is 7.41. The molecule has 2 amide bonds. The molecule has 0 aromatic carbocycles. The van der Waals surface area contributed by atoms with Crippen molar-refractivity contribution in [1.29, 1.82) is 0 Å². The number of rotatable bonds is 4. The zero-order valence-corrected chi connectivity index (χ0v) is 16.0. The Morgan fingerprint density at radius 3 is 2.96 bits per heavy atom. The highest BCUT2D eigenvalue weighted by atomic mass is 79.9. The lowest BCUT2D eigenvalue weighted by Crippen LogP contribution is -2.43. The van der Waals surface area contributed by atoms with Crippen LogP contribution in [0.25, 0.3) is 10.6 Å². The van der Waals surface area contributed by atoms with Crippen LogP contribution in [-0.2, 0) is 9.59 Å². The number of carbonyl (C=O) groups is 2. The fourth-order valence-corrected chi connectivity index (χ4v) is 4.80. The van der Waals surface area contributed by atoms with Crippen molar-refractivity contribution < 1.29 is 9.59 Å². The molecule has 1 N–H and O–H groups in total. The van der Waals surface area contributed by atoms with Gasteiger partial charge in [-0.15, -0.1) is 22.7 Å². The van der Waals surface area contributed by atoms with Gasteiger partial charge in [-0.05, 0) is 40.9 Å².